The van der Waals surface area contributed by atoms with Crippen molar-refractivity contribution in [2.24, 2.45) is 0 Å². The monoisotopic (exact) mass is 271 g/mol. The Labute approximate surface area is 105 Å². The Kier molecular flexibility index (Phi) is 5.18. The largest absolute Gasteiger partial charge is 0.355 e. The lowest BCUT2D eigenvalue weighted by Gasteiger charge is -2.14. The van der Waals surface area contributed by atoms with Crippen molar-refractivity contribution >= 4 is 10.0 Å². The number of sulfonamides is 1. The van der Waals surface area contributed by atoms with Gasteiger partial charge >= 0.3 is 0 Å². The molecule has 0 spiro atoms. The van der Waals surface area contributed by atoms with Gasteiger partial charge < -0.3 is 9.47 Å². The van der Waals surface area contributed by atoms with Crippen LogP contribution in [0.15, 0.2) is 23.2 Å². The predicted molar refractivity (Wildman–Crippen MR) is 61.9 cm³/mol. The number of methoxy groups -OCH3 is 2. The molecule has 7 nitrogen and oxygen atoms in total. The number of nitriles is 1. The summed E-state index contributed by atoms with van der Waals surface area (Å²) >= 11 is 0. The van der Waals surface area contributed by atoms with E-state index in [1.807, 2.05) is 0 Å². The van der Waals surface area contributed by atoms with Crippen LogP contribution in [0, 0.1) is 11.3 Å². The lowest BCUT2D eigenvalue weighted by Crippen LogP contribution is -2.34. The zero-order valence-electron chi connectivity index (χ0n) is 9.95. The summed E-state index contributed by atoms with van der Waals surface area (Å²) in [6, 6.07) is 4.48. The van der Waals surface area contributed by atoms with Crippen LogP contribution in [0.5, 0.6) is 0 Å². The van der Waals surface area contributed by atoms with Crippen LogP contribution in [0.3, 0.4) is 0 Å². The number of nitrogens with one attached hydrogen (secondary N) is 1. The van der Waals surface area contributed by atoms with E-state index < -0.39 is 16.3 Å². The lowest BCUT2D eigenvalue weighted by atomic mass is 10.4. The minimum absolute atomic E-state index is 0.0604. The van der Waals surface area contributed by atoms with Crippen molar-refractivity contribution in [1.82, 2.24) is 9.71 Å². The predicted octanol–water partition coefficient (Wildman–Crippen LogP) is -0.150. The molecule has 0 saturated carbocycles. The second-order valence-corrected chi connectivity index (χ2v) is 4.95. The summed E-state index contributed by atoms with van der Waals surface area (Å²) in [5.41, 5.74) is -0.156. The molecule has 0 saturated heterocycles. The first kappa shape index (κ1) is 14.5. The molecule has 1 aromatic rings. The summed E-state index contributed by atoms with van der Waals surface area (Å²) in [5.74, 6) is 0. The Hall–Kier alpha value is -1.53. The SMILES string of the molecule is COC(CNS(=O)(=O)c1cccnc1C#N)OC. The van der Waals surface area contributed by atoms with Gasteiger partial charge in [-0.3, -0.25) is 0 Å². The van der Waals surface area contributed by atoms with Crippen molar-refractivity contribution in [3.05, 3.63) is 24.0 Å². The second kappa shape index (κ2) is 6.42. The zero-order valence-corrected chi connectivity index (χ0v) is 10.8. The summed E-state index contributed by atoms with van der Waals surface area (Å²) in [5, 5.41) is 8.80. The highest BCUT2D eigenvalue weighted by Gasteiger charge is 2.20. The minimum Gasteiger partial charge on any atom is -0.355 e. The number of hydrogen-bond donors (Lipinski definition) is 1. The molecule has 1 N–H and O–H groups in total. The summed E-state index contributed by atoms with van der Waals surface area (Å²) in [7, 11) is -1.02. The molecule has 0 atom stereocenters. The van der Waals surface area contributed by atoms with E-state index >= 15 is 0 Å². The molecule has 0 aliphatic carbocycles. The van der Waals surface area contributed by atoms with Gasteiger partial charge in [-0.2, -0.15) is 5.26 Å². The molecule has 0 amide bonds. The molecule has 0 radical (unpaired) electrons. The Balaban J connectivity index is 2.91. The van der Waals surface area contributed by atoms with Crippen molar-refractivity contribution in [1.29, 1.82) is 5.26 Å². The highest BCUT2D eigenvalue weighted by molar-refractivity contribution is 7.89. The second-order valence-electron chi connectivity index (χ2n) is 3.21. The number of rotatable bonds is 6. The van der Waals surface area contributed by atoms with Crippen LogP contribution in [0.2, 0.25) is 0 Å². The molecule has 0 aliphatic heterocycles. The van der Waals surface area contributed by atoms with Gasteiger partial charge in [-0.15, -0.1) is 0 Å². The van der Waals surface area contributed by atoms with Crippen LogP contribution in [-0.2, 0) is 19.5 Å². The number of ether oxygens (including phenoxy) is 2. The molecular weight excluding hydrogens is 258 g/mol. The highest BCUT2D eigenvalue weighted by Crippen LogP contribution is 2.11. The average molecular weight is 271 g/mol. The molecule has 1 heterocycles. The minimum atomic E-state index is -3.81. The standard InChI is InChI=1S/C10H13N3O4S/c1-16-10(17-2)7-13-18(14,15)9-4-3-5-12-8(9)6-11/h3-5,10,13H,7H2,1-2H3. The van der Waals surface area contributed by atoms with Gasteiger partial charge in [0.1, 0.15) is 11.0 Å². The van der Waals surface area contributed by atoms with Crippen molar-refractivity contribution in [2.45, 2.75) is 11.2 Å². The first-order chi connectivity index (χ1) is 8.55. The van der Waals surface area contributed by atoms with Crippen molar-refractivity contribution < 1.29 is 17.9 Å². The molecule has 0 bridgehead atoms. The maximum atomic E-state index is 11.9. The third kappa shape index (κ3) is 3.48. The molecule has 0 unspecified atom stereocenters. The molecule has 1 aromatic heterocycles. The van der Waals surface area contributed by atoms with Gasteiger partial charge in [-0.25, -0.2) is 18.1 Å². The fourth-order valence-corrected chi connectivity index (χ4v) is 2.33. The lowest BCUT2D eigenvalue weighted by molar-refractivity contribution is -0.0960. The fourth-order valence-electron chi connectivity index (χ4n) is 1.21. The van der Waals surface area contributed by atoms with E-state index in [9.17, 15) is 8.42 Å². The van der Waals surface area contributed by atoms with E-state index in [2.05, 4.69) is 9.71 Å². The maximum Gasteiger partial charge on any atom is 0.243 e. The zero-order chi connectivity index (χ0) is 13.6. The van der Waals surface area contributed by atoms with Crippen LogP contribution in [0.1, 0.15) is 5.69 Å². The van der Waals surface area contributed by atoms with Gasteiger partial charge in [-0.1, -0.05) is 0 Å². The summed E-state index contributed by atoms with van der Waals surface area (Å²) in [6.07, 6.45) is 0.659. The van der Waals surface area contributed by atoms with Crippen molar-refractivity contribution in [3.8, 4) is 6.07 Å². The third-order valence-electron chi connectivity index (χ3n) is 2.13. The highest BCUT2D eigenvalue weighted by atomic mass is 32.2. The van der Waals surface area contributed by atoms with Crippen LogP contribution < -0.4 is 4.72 Å². The van der Waals surface area contributed by atoms with Gasteiger partial charge in [0.2, 0.25) is 10.0 Å². The summed E-state index contributed by atoms with van der Waals surface area (Å²) in [6.45, 7) is -0.0604. The molecule has 1 rings (SSSR count). The molecule has 98 valence electrons. The normalized spacial score (nSPS) is 11.4. The number of pyridine rings is 1. The van der Waals surface area contributed by atoms with Gasteiger partial charge in [0.25, 0.3) is 0 Å². The van der Waals surface area contributed by atoms with E-state index in [1.165, 1.54) is 32.5 Å². The van der Waals surface area contributed by atoms with Crippen molar-refractivity contribution in [2.75, 3.05) is 20.8 Å². The number of aromatic nitrogens is 1. The average Bonchev–Trinajstić information content (AvgIpc) is 2.39. The topological polar surface area (TPSA) is 101 Å². The summed E-state index contributed by atoms with van der Waals surface area (Å²) < 4.78 is 35.9. The first-order valence-electron chi connectivity index (χ1n) is 4.95. The van der Waals surface area contributed by atoms with Gasteiger partial charge in [0, 0.05) is 20.4 Å². The van der Waals surface area contributed by atoms with E-state index in [-0.39, 0.29) is 17.1 Å². The molecule has 0 fully saturated rings. The molecule has 0 aliphatic rings. The number of hydrogen-bond acceptors (Lipinski definition) is 6. The van der Waals surface area contributed by atoms with E-state index in [1.54, 1.807) is 6.07 Å². The van der Waals surface area contributed by atoms with Gasteiger partial charge in [0.05, 0.1) is 6.54 Å². The molecular formula is C10H13N3O4S. The van der Waals surface area contributed by atoms with E-state index in [0.717, 1.165) is 0 Å². The maximum absolute atomic E-state index is 11.9. The molecule has 18 heavy (non-hydrogen) atoms. The summed E-state index contributed by atoms with van der Waals surface area (Å²) in [4.78, 5) is 3.52. The number of nitrogens with zero attached hydrogens (tertiary/aromatic N) is 2. The Bertz CT molecular complexity index is 534. The quantitative estimate of drug-likeness (QED) is 0.722. The van der Waals surface area contributed by atoms with Crippen LogP contribution >= 0.6 is 0 Å². The van der Waals surface area contributed by atoms with Gasteiger partial charge in [0.15, 0.2) is 12.0 Å². The van der Waals surface area contributed by atoms with E-state index in [4.69, 9.17) is 14.7 Å². The van der Waals surface area contributed by atoms with Crippen LogP contribution in [0.4, 0.5) is 0 Å². The van der Waals surface area contributed by atoms with Crippen molar-refractivity contribution in [3.63, 3.8) is 0 Å². The third-order valence-corrected chi connectivity index (χ3v) is 3.59. The Morgan fingerprint density at radius 3 is 2.72 bits per heavy atom. The smallest absolute Gasteiger partial charge is 0.243 e. The Morgan fingerprint density at radius 2 is 2.17 bits per heavy atom. The first-order valence-corrected chi connectivity index (χ1v) is 6.44. The van der Waals surface area contributed by atoms with Crippen LogP contribution in [0.25, 0.3) is 0 Å². The van der Waals surface area contributed by atoms with E-state index in [0.29, 0.717) is 0 Å². The Morgan fingerprint density at radius 1 is 1.50 bits per heavy atom. The van der Waals surface area contributed by atoms with Crippen LogP contribution in [-0.4, -0.2) is 40.5 Å². The van der Waals surface area contributed by atoms with Gasteiger partial charge in [-0.05, 0) is 12.1 Å². The fraction of sp³-hybridized carbons (Fsp3) is 0.400. The molecule has 0 aromatic carbocycles. The molecule has 8 heteroatoms.